The van der Waals surface area contributed by atoms with Crippen molar-refractivity contribution < 1.29 is 175 Å². The van der Waals surface area contributed by atoms with Crippen molar-refractivity contribution in [3.63, 3.8) is 0 Å². The Morgan fingerprint density at radius 1 is 0.947 bits per heavy atom. The average molecular weight is 722 g/mol. The summed E-state index contributed by atoms with van der Waals surface area (Å²) in [4.78, 5) is 13.5. The van der Waals surface area contributed by atoms with Crippen LogP contribution in [0.3, 0.4) is 0 Å². The van der Waals surface area contributed by atoms with E-state index in [0.29, 0.717) is 23.9 Å². The minimum Gasteiger partial charge on any atom is -0.374 e. The monoisotopic (exact) mass is 720 g/mol. The van der Waals surface area contributed by atoms with E-state index in [1.54, 1.807) is 0 Å². The molecule has 0 amide bonds. The molecule has 7 heteroatoms. The number of nitrogens with zero attached hydrogens (tertiary/aromatic N) is 4. The number of fused-ring (bicyclic) bond motifs is 2. The van der Waals surface area contributed by atoms with E-state index in [1.807, 2.05) is 18.5 Å². The van der Waals surface area contributed by atoms with Gasteiger partial charge in [0, 0.05) is 25.0 Å². The number of hydrogen-bond acceptors (Lipinski definition) is 4. The molecule has 2 unspecified atom stereocenters. The van der Waals surface area contributed by atoms with Gasteiger partial charge in [-0.25, -0.2) is 0 Å². The Kier molecular flexibility index (Phi) is 17.5. The summed E-state index contributed by atoms with van der Waals surface area (Å²) in [5, 5.41) is 0. The molecule has 0 fully saturated rings. The first kappa shape index (κ1) is 37.0. The van der Waals surface area contributed by atoms with Crippen molar-refractivity contribution in [2.24, 2.45) is 0 Å². The topological polar surface area (TPSA) is 32.3 Å². The largest absolute Gasteiger partial charge is 1.00 e. The van der Waals surface area contributed by atoms with Crippen LogP contribution in [-0.4, -0.2) is 44.9 Å². The second-order valence-corrected chi connectivity index (χ2v) is 10.9. The second kappa shape index (κ2) is 18.0. The summed E-state index contributed by atoms with van der Waals surface area (Å²) in [6.07, 6.45) is 9.76. The molecule has 38 heavy (non-hydrogen) atoms. The molecule has 2 aliphatic rings. The smallest absolute Gasteiger partial charge is 0.374 e. The molecule has 1 aromatic heterocycles. The Balaban J connectivity index is 0.00000169. The molecule has 2 aromatic carbocycles. The zero-order valence-electron chi connectivity index (χ0n) is 24.6. The number of benzene rings is 2. The third kappa shape index (κ3) is 9.68. The Hall–Kier alpha value is 2.86. The summed E-state index contributed by atoms with van der Waals surface area (Å²) in [6, 6.07) is 19.3. The van der Waals surface area contributed by atoms with E-state index in [9.17, 15) is 0 Å². The predicted molar refractivity (Wildman–Crippen MR) is 140 cm³/mol. The summed E-state index contributed by atoms with van der Waals surface area (Å²) in [7, 11) is 0. The van der Waals surface area contributed by atoms with Gasteiger partial charge in [0.05, 0.1) is 0 Å². The summed E-state index contributed by atoms with van der Waals surface area (Å²) in [5.74, 6) is 0.909. The molecule has 3 atom stereocenters. The van der Waals surface area contributed by atoms with Crippen molar-refractivity contribution in [2.75, 3.05) is 13.1 Å². The van der Waals surface area contributed by atoms with Crippen LogP contribution in [0.25, 0.3) is 0 Å². The molecule has 0 aliphatic carbocycles. The predicted octanol–water partition coefficient (Wildman–Crippen LogP) is -3.62. The van der Waals surface area contributed by atoms with Crippen LogP contribution in [-0.2, 0) is 25.9 Å². The van der Waals surface area contributed by atoms with Gasteiger partial charge >= 0.3 is 175 Å². The quantitative estimate of drug-likeness (QED) is 0.236. The van der Waals surface area contributed by atoms with Crippen LogP contribution in [0.4, 0.5) is 0 Å². The minimum absolute atomic E-state index is 0. The maximum atomic E-state index is 4.12. The molecule has 0 N–H and O–H groups in total. The minimum atomic E-state index is 0. The van der Waals surface area contributed by atoms with Crippen molar-refractivity contribution in [1.29, 1.82) is 0 Å². The molecular weight excluding hydrogens is 685 g/mol. The van der Waals surface area contributed by atoms with Gasteiger partial charge in [-0.15, -0.1) is 22.3 Å². The Bertz CT molecular complexity index is 1140. The first-order chi connectivity index (χ1) is 17.0. The molecule has 0 spiro atoms. The van der Waals surface area contributed by atoms with Crippen LogP contribution in [0.1, 0.15) is 79.3 Å². The zero-order chi connectivity index (χ0) is 24.4. The van der Waals surface area contributed by atoms with Gasteiger partial charge in [0.2, 0.25) is 0 Å². The molecule has 0 saturated heterocycles. The van der Waals surface area contributed by atoms with E-state index in [2.05, 4.69) is 90.2 Å². The summed E-state index contributed by atoms with van der Waals surface area (Å²) in [6.45, 7) is 13.5. The van der Waals surface area contributed by atoms with E-state index >= 15 is 0 Å². The van der Waals surface area contributed by atoms with Gasteiger partial charge < -0.3 is 14.9 Å². The first-order valence-corrected chi connectivity index (χ1v) is 13.2. The number of rotatable bonds is 7. The molecule has 4 nitrogen and oxygen atoms in total. The van der Waals surface area contributed by atoms with Gasteiger partial charge in [-0.05, 0) is 65.1 Å². The Morgan fingerprint density at radius 2 is 1.71 bits per heavy atom. The van der Waals surface area contributed by atoms with Gasteiger partial charge in [-0.3, -0.25) is 4.90 Å². The van der Waals surface area contributed by atoms with E-state index in [1.165, 1.54) is 33.4 Å². The van der Waals surface area contributed by atoms with Crippen molar-refractivity contribution in [3.05, 3.63) is 94.6 Å². The second-order valence-electron chi connectivity index (χ2n) is 10.9. The molecule has 0 bridgehead atoms. The fourth-order valence-electron chi connectivity index (χ4n) is 5.84. The molecule has 3 heterocycles. The maximum Gasteiger partial charge on any atom is 1.00 e. The summed E-state index contributed by atoms with van der Waals surface area (Å²) < 4.78 is 0. The fraction of sp³-hybridized carbons (Fsp3) is 0.484. The average Bonchev–Trinajstić information content (AvgIpc) is 2.88. The Morgan fingerprint density at radius 3 is 2.45 bits per heavy atom. The number of aromatic nitrogens is 2. The summed E-state index contributed by atoms with van der Waals surface area (Å²) in [5.41, 5.74) is 8.33. The van der Waals surface area contributed by atoms with Crippen LogP contribution < -0.4 is 175 Å². The van der Waals surface area contributed by atoms with Crippen molar-refractivity contribution in [2.45, 2.75) is 84.0 Å². The van der Waals surface area contributed by atoms with Crippen LogP contribution in [0.15, 0.2) is 42.7 Å². The van der Waals surface area contributed by atoms with Gasteiger partial charge in [-0.1, -0.05) is 25.7 Å². The van der Waals surface area contributed by atoms with E-state index in [-0.39, 0.29) is 175 Å². The van der Waals surface area contributed by atoms with E-state index in [0.717, 1.165) is 45.4 Å². The molecular formula is C31H37N4Rb3. The van der Waals surface area contributed by atoms with Crippen molar-refractivity contribution in [1.82, 2.24) is 19.8 Å². The molecule has 2 aliphatic heterocycles. The summed E-state index contributed by atoms with van der Waals surface area (Å²) >= 11 is 0. The third-order valence-electron chi connectivity index (χ3n) is 8.09. The van der Waals surface area contributed by atoms with Gasteiger partial charge in [0.1, 0.15) is 0 Å². The van der Waals surface area contributed by atoms with E-state index in [4.69, 9.17) is 0 Å². The molecule has 184 valence electrons. The molecule has 0 saturated carbocycles. The first-order valence-electron chi connectivity index (χ1n) is 13.2. The Labute approximate surface area is 377 Å². The maximum absolute atomic E-state index is 4.12. The van der Waals surface area contributed by atoms with Gasteiger partial charge in [0.15, 0.2) is 0 Å². The van der Waals surface area contributed by atoms with Crippen LogP contribution >= 0.6 is 0 Å². The number of hydrogen-bond donors (Lipinski definition) is 0. The molecule has 0 radical (unpaired) electrons. The van der Waals surface area contributed by atoms with Gasteiger partial charge in [0.25, 0.3) is 0 Å². The molecule has 5 rings (SSSR count). The SMILES string of the molecule is CC(CC1CN(C(C)C)Cc2[c-]c(C[C@@H](C)N3CCc4cc[c-]cc4C3)ccc21)c1cn[c-]nc1.[Rb+].[Rb+].[Rb+]. The van der Waals surface area contributed by atoms with Crippen molar-refractivity contribution >= 4 is 0 Å². The standard InChI is InChI=1S/C31H37N4.3Rb/c1-22(2)35-19-28(13-23(3)30-16-32-21-33-17-30)31-10-9-25(15-29(31)20-35)14-24(4)34-12-11-26-7-5-6-8-27(26)18-34;;;/h5,7-10,16-17,22-24,28H,11-14,18-20H2,1-4H3;;;/q-3;3*+1/t23?,24-,28?;;;/m1.../s1. The third-order valence-corrected chi connectivity index (χ3v) is 8.09. The molecule has 3 aromatic rings. The van der Waals surface area contributed by atoms with Crippen LogP contribution in [0.2, 0.25) is 0 Å². The van der Waals surface area contributed by atoms with Crippen LogP contribution in [0, 0.1) is 18.5 Å². The van der Waals surface area contributed by atoms with Crippen LogP contribution in [0.5, 0.6) is 0 Å². The zero-order valence-corrected chi connectivity index (χ0v) is 39.3. The van der Waals surface area contributed by atoms with Crippen molar-refractivity contribution in [3.8, 4) is 0 Å². The van der Waals surface area contributed by atoms with Gasteiger partial charge in [-0.2, -0.15) is 53.6 Å². The normalized spacial score (nSPS) is 18.7. The van der Waals surface area contributed by atoms with E-state index < -0.39 is 0 Å². The fourth-order valence-corrected chi connectivity index (χ4v) is 5.84.